The standard InChI is InChI=1S/C22H28N6O2/c23-11-18-15-28(6-9-30-18)21-19(12-24-22-20(21)13-25-26-22)17-3-1-2-16(10-17)14-27-4-7-29-8-5-27/h1-3,10,12-13,18H,4-9,11,14-15,23H2,(H,24,25,26). The van der Waals surface area contributed by atoms with Crippen molar-refractivity contribution in [1.29, 1.82) is 0 Å². The lowest BCUT2D eigenvalue weighted by molar-refractivity contribution is 0.0342. The van der Waals surface area contributed by atoms with E-state index in [0.29, 0.717) is 13.2 Å². The lowest BCUT2D eigenvalue weighted by Crippen LogP contribution is -2.46. The summed E-state index contributed by atoms with van der Waals surface area (Å²) in [6, 6.07) is 8.77. The summed E-state index contributed by atoms with van der Waals surface area (Å²) in [7, 11) is 0. The van der Waals surface area contributed by atoms with Crippen molar-refractivity contribution in [2.45, 2.75) is 12.6 Å². The van der Waals surface area contributed by atoms with E-state index in [1.54, 1.807) is 0 Å². The summed E-state index contributed by atoms with van der Waals surface area (Å²) in [4.78, 5) is 9.43. The molecule has 5 rings (SSSR count). The Labute approximate surface area is 176 Å². The molecule has 2 aliphatic heterocycles. The molecule has 1 unspecified atom stereocenters. The van der Waals surface area contributed by atoms with Crippen LogP contribution in [0.1, 0.15) is 5.56 Å². The van der Waals surface area contributed by atoms with Gasteiger partial charge in [0.25, 0.3) is 0 Å². The third-order valence-corrected chi connectivity index (χ3v) is 5.92. The maximum Gasteiger partial charge on any atom is 0.157 e. The van der Waals surface area contributed by atoms with Gasteiger partial charge in [-0.25, -0.2) is 4.98 Å². The first-order valence-electron chi connectivity index (χ1n) is 10.6. The molecule has 0 saturated carbocycles. The fraction of sp³-hybridized carbons (Fsp3) is 0.455. The van der Waals surface area contributed by atoms with E-state index in [1.807, 2.05) is 12.4 Å². The van der Waals surface area contributed by atoms with Crippen LogP contribution in [0.5, 0.6) is 0 Å². The van der Waals surface area contributed by atoms with E-state index in [4.69, 9.17) is 15.2 Å². The molecule has 158 valence electrons. The first-order valence-corrected chi connectivity index (χ1v) is 10.6. The number of hydrogen-bond acceptors (Lipinski definition) is 7. The minimum absolute atomic E-state index is 0.0365. The fourth-order valence-electron chi connectivity index (χ4n) is 4.36. The molecule has 2 saturated heterocycles. The SMILES string of the molecule is NCC1CN(c2c(-c3cccc(CN4CCOCC4)c3)cnc3[nH]ncc23)CCO1. The summed E-state index contributed by atoms with van der Waals surface area (Å²) in [6.07, 6.45) is 3.86. The number of H-pyrrole nitrogens is 1. The van der Waals surface area contributed by atoms with E-state index in [0.717, 1.165) is 68.2 Å². The quantitative estimate of drug-likeness (QED) is 0.663. The monoisotopic (exact) mass is 408 g/mol. The van der Waals surface area contributed by atoms with Gasteiger partial charge in [0.05, 0.1) is 43.2 Å². The molecule has 0 aliphatic carbocycles. The molecular weight excluding hydrogens is 380 g/mol. The second-order valence-corrected chi connectivity index (χ2v) is 7.92. The number of nitrogens with one attached hydrogen (secondary N) is 1. The van der Waals surface area contributed by atoms with Gasteiger partial charge in [-0.2, -0.15) is 5.10 Å². The molecule has 1 atom stereocenters. The number of aromatic amines is 1. The molecule has 30 heavy (non-hydrogen) atoms. The molecule has 3 aromatic rings. The number of rotatable bonds is 5. The predicted molar refractivity (Wildman–Crippen MR) is 116 cm³/mol. The highest BCUT2D eigenvalue weighted by Crippen LogP contribution is 2.37. The van der Waals surface area contributed by atoms with Gasteiger partial charge in [-0.3, -0.25) is 10.00 Å². The molecule has 3 N–H and O–H groups in total. The molecule has 2 aromatic heterocycles. The van der Waals surface area contributed by atoms with Gasteiger partial charge in [0, 0.05) is 51.0 Å². The zero-order valence-corrected chi connectivity index (χ0v) is 17.1. The van der Waals surface area contributed by atoms with E-state index in [-0.39, 0.29) is 6.10 Å². The van der Waals surface area contributed by atoms with Gasteiger partial charge < -0.3 is 20.1 Å². The van der Waals surface area contributed by atoms with Crippen molar-refractivity contribution in [2.75, 3.05) is 57.4 Å². The number of ether oxygens (including phenoxy) is 2. The van der Waals surface area contributed by atoms with Crippen LogP contribution in [0.4, 0.5) is 5.69 Å². The minimum Gasteiger partial charge on any atom is -0.379 e. The lowest BCUT2D eigenvalue weighted by Gasteiger charge is -2.35. The number of fused-ring (bicyclic) bond motifs is 1. The Morgan fingerprint density at radius 2 is 2.03 bits per heavy atom. The van der Waals surface area contributed by atoms with Crippen LogP contribution >= 0.6 is 0 Å². The predicted octanol–water partition coefficient (Wildman–Crippen LogP) is 1.62. The number of pyridine rings is 1. The van der Waals surface area contributed by atoms with Gasteiger partial charge in [-0.05, 0) is 17.2 Å². The number of nitrogens with zero attached hydrogens (tertiary/aromatic N) is 4. The molecule has 0 radical (unpaired) electrons. The van der Waals surface area contributed by atoms with Gasteiger partial charge in [-0.15, -0.1) is 0 Å². The van der Waals surface area contributed by atoms with Gasteiger partial charge >= 0.3 is 0 Å². The zero-order chi connectivity index (χ0) is 20.3. The Kier molecular flexibility index (Phi) is 5.63. The molecule has 2 aliphatic rings. The highest BCUT2D eigenvalue weighted by Gasteiger charge is 2.25. The average Bonchev–Trinajstić information content (AvgIpc) is 3.28. The Balaban J connectivity index is 1.52. The molecule has 2 fully saturated rings. The number of nitrogens with two attached hydrogens (primary N) is 1. The van der Waals surface area contributed by atoms with E-state index < -0.39 is 0 Å². The summed E-state index contributed by atoms with van der Waals surface area (Å²) in [6.45, 7) is 7.27. The van der Waals surface area contributed by atoms with Crippen molar-refractivity contribution in [3.05, 3.63) is 42.2 Å². The van der Waals surface area contributed by atoms with Gasteiger partial charge in [0.15, 0.2) is 5.65 Å². The zero-order valence-electron chi connectivity index (χ0n) is 17.1. The van der Waals surface area contributed by atoms with E-state index in [9.17, 15) is 0 Å². The highest BCUT2D eigenvalue weighted by molar-refractivity contribution is 5.98. The molecule has 0 bridgehead atoms. The van der Waals surface area contributed by atoms with Crippen LogP contribution in [0.3, 0.4) is 0 Å². The molecule has 4 heterocycles. The van der Waals surface area contributed by atoms with Crippen molar-refractivity contribution < 1.29 is 9.47 Å². The van der Waals surface area contributed by atoms with Crippen LogP contribution < -0.4 is 10.6 Å². The van der Waals surface area contributed by atoms with E-state index in [1.165, 1.54) is 11.1 Å². The molecule has 0 amide bonds. The Hall–Kier alpha value is -2.52. The average molecular weight is 409 g/mol. The third kappa shape index (κ3) is 3.91. The number of morpholine rings is 2. The molecule has 8 heteroatoms. The Morgan fingerprint density at radius 3 is 2.90 bits per heavy atom. The Morgan fingerprint density at radius 1 is 1.13 bits per heavy atom. The maximum absolute atomic E-state index is 5.90. The van der Waals surface area contributed by atoms with Crippen molar-refractivity contribution in [3.63, 3.8) is 0 Å². The molecular formula is C22H28N6O2. The van der Waals surface area contributed by atoms with Crippen molar-refractivity contribution in [3.8, 4) is 11.1 Å². The summed E-state index contributed by atoms with van der Waals surface area (Å²) in [5.41, 5.74) is 11.4. The second kappa shape index (κ2) is 8.69. The number of benzene rings is 1. The molecule has 8 nitrogen and oxygen atoms in total. The summed E-state index contributed by atoms with van der Waals surface area (Å²) < 4.78 is 11.3. The van der Waals surface area contributed by atoms with Crippen LogP contribution in [0.2, 0.25) is 0 Å². The lowest BCUT2D eigenvalue weighted by atomic mass is 10.00. The maximum atomic E-state index is 5.90. The fourth-order valence-corrected chi connectivity index (χ4v) is 4.36. The van der Waals surface area contributed by atoms with Crippen LogP contribution in [0.15, 0.2) is 36.7 Å². The number of aromatic nitrogens is 3. The smallest absolute Gasteiger partial charge is 0.157 e. The third-order valence-electron chi connectivity index (χ3n) is 5.92. The van der Waals surface area contributed by atoms with Crippen LogP contribution in [0, 0.1) is 0 Å². The van der Waals surface area contributed by atoms with Crippen molar-refractivity contribution in [2.24, 2.45) is 5.73 Å². The largest absolute Gasteiger partial charge is 0.379 e. The van der Waals surface area contributed by atoms with E-state index >= 15 is 0 Å². The van der Waals surface area contributed by atoms with Crippen LogP contribution in [-0.2, 0) is 16.0 Å². The first kappa shape index (κ1) is 19.4. The van der Waals surface area contributed by atoms with Gasteiger partial charge in [0.1, 0.15) is 0 Å². The summed E-state index contributed by atoms with van der Waals surface area (Å²) in [5.74, 6) is 0. The van der Waals surface area contributed by atoms with Gasteiger partial charge in [0.2, 0.25) is 0 Å². The van der Waals surface area contributed by atoms with Gasteiger partial charge in [-0.1, -0.05) is 18.2 Å². The van der Waals surface area contributed by atoms with Crippen LogP contribution in [0.25, 0.3) is 22.2 Å². The summed E-state index contributed by atoms with van der Waals surface area (Å²) in [5, 5.41) is 8.27. The van der Waals surface area contributed by atoms with Crippen molar-refractivity contribution >= 4 is 16.7 Å². The first-order chi connectivity index (χ1) is 14.8. The minimum atomic E-state index is 0.0365. The second-order valence-electron chi connectivity index (χ2n) is 7.92. The molecule has 0 spiro atoms. The topological polar surface area (TPSA) is 92.5 Å². The van der Waals surface area contributed by atoms with Crippen molar-refractivity contribution in [1.82, 2.24) is 20.1 Å². The normalized spacial score (nSPS) is 20.7. The van der Waals surface area contributed by atoms with E-state index in [2.05, 4.69) is 49.2 Å². The van der Waals surface area contributed by atoms with Crippen LogP contribution in [-0.4, -0.2) is 78.7 Å². The Bertz CT molecular complexity index is 1000. The highest BCUT2D eigenvalue weighted by atomic mass is 16.5. The number of anilines is 1. The number of hydrogen-bond donors (Lipinski definition) is 2. The summed E-state index contributed by atoms with van der Waals surface area (Å²) >= 11 is 0. The molecule has 1 aromatic carbocycles.